The van der Waals surface area contributed by atoms with Crippen LogP contribution in [0.2, 0.25) is 10.0 Å². The third-order valence-electron chi connectivity index (χ3n) is 6.52. The molecule has 0 saturated carbocycles. The van der Waals surface area contributed by atoms with Gasteiger partial charge in [-0.2, -0.15) is 5.10 Å². The van der Waals surface area contributed by atoms with Gasteiger partial charge in [-0.05, 0) is 99.9 Å². The van der Waals surface area contributed by atoms with E-state index in [4.69, 9.17) is 42.1 Å². The molecule has 0 saturated heterocycles. The van der Waals surface area contributed by atoms with Crippen LogP contribution in [0.1, 0.15) is 36.6 Å². The van der Waals surface area contributed by atoms with Crippen molar-refractivity contribution in [3.63, 3.8) is 0 Å². The SMILES string of the molecule is CCOc1cc([C@@H]2NC(=O)NC(C)=C2C(=O)OC)ccc1OC[C@@H](O)N/N=C\c1cc(Br)c(OCc2ccc(Cl)cc2Cl)c(I)c1. The maximum atomic E-state index is 12.5. The van der Waals surface area contributed by atoms with Crippen molar-refractivity contribution in [1.82, 2.24) is 16.1 Å². The van der Waals surface area contributed by atoms with E-state index in [9.17, 15) is 14.7 Å². The minimum atomic E-state index is -1.15. The van der Waals surface area contributed by atoms with E-state index in [1.54, 1.807) is 43.5 Å². The maximum absolute atomic E-state index is 12.5. The highest BCUT2D eigenvalue weighted by Crippen LogP contribution is 2.35. The zero-order valence-electron chi connectivity index (χ0n) is 24.8. The van der Waals surface area contributed by atoms with Gasteiger partial charge in [-0.15, -0.1) is 0 Å². The number of nitrogens with one attached hydrogen (secondary N) is 3. The molecule has 0 spiro atoms. The number of hydrogen-bond donors (Lipinski definition) is 4. The van der Waals surface area contributed by atoms with Crippen LogP contribution >= 0.6 is 61.7 Å². The molecule has 1 heterocycles. The van der Waals surface area contributed by atoms with Crippen LogP contribution in [0, 0.1) is 3.57 Å². The number of carbonyl (C=O) groups excluding carboxylic acids is 2. The number of allylic oxidation sites excluding steroid dienone is 1. The zero-order chi connectivity index (χ0) is 33.4. The molecular formula is C31H30BrCl2IN4O7. The fourth-order valence-corrected chi connectivity index (χ4v) is 6.63. The molecule has 0 radical (unpaired) electrons. The number of benzene rings is 3. The van der Waals surface area contributed by atoms with Crippen molar-refractivity contribution >= 4 is 79.9 Å². The summed E-state index contributed by atoms with van der Waals surface area (Å²) < 4.78 is 24.0. The summed E-state index contributed by atoms with van der Waals surface area (Å²) in [5.41, 5.74) is 5.43. The Morgan fingerprint density at radius 2 is 1.93 bits per heavy atom. The molecule has 4 rings (SSSR count). The Balaban J connectivity index is 1.37. The van der Waals surface area contributed by atoms with Crippen LogP contribution in [-0.2, 0) is 16.1 Å². The van der Waals surface area contributed by atoms with E-state index in [2.05, 4.69) is 59.7 Å². The third-order valence-corrected chi connectivity index (χ3v) is 8.49. The minimum Gasteiger partial charge on any atom is -0.490 e. The Morgan fingerprint density at radius 3 is 2.63 bits per heavy atom. The van der Waals surface area contributed by atoms with E-state index in [1.807, 2.05) is 25.1 Å². The Kier molecular flexibility index (Phi) is 12.8. The molecule has 0 aliphatic carbocycles. The number of esters is 1. The molecule has 2 atom stereocenters. The highest BCUT2D eigenvalue weighted by Gasteiger charge is 2.32. The van der Waals surface area contributed by atoms with Crippen molar-refractivity contribution in [3.05, 3.63) is 94.6 Å². The fourth-order valence-electron chi connectivity index (χ4n) is 4.40. The first kappa shape index (κ1) is 35.6. The zero-order valence-corrected chi connectivity index (χ0v) is 30.1. The quantitative estimate of drug-likeness (QED) is 0.0506. The molecule has 0 fully saturated rings. The van der Waals surface area contributed by atoms with Gasteiger partial charge in [-0.25, -0.2) is 9.59 Å². The van der Waals surface area contributed by atoms with Crippen molar-refractivity contribution in [2.75, 3.05) is 20.3 Å². The highest BCUT2D eigenvalue weighted by molar-refractivity contribution is 14.1. The van der Waals surface area contributed by atoms with Gasteiger partial charge in [0.1, 0.15) is 19.0 Å². The van der Waals surface area contributed by atoms with Crippen LogP contribution in [0.3, 0.4) is 0 Å². The highest BCUT2D eigenvalue weighted by atomic mass is 127. The van der Waals surface area contributed by atoms with Crippen LogP contribution < -0.4 is 30.3 Å². The monoisotopic (exact) mass is 846 g/mol. The van der Waals surface area contributed by atoms with Gasteiger partial charge < -0.3 is 34.7 Å². The first-order valence-electron chi connectivity index (χ1n) is 13.8. The summed E-state index contributed by atoms with van der Waals surface area (Å²) in [6.45, 7) is 3.87. The van der Waals surface area contributed by atoms with Gasteiger partial charge in [-0.3, -0.25) is 5.43 Å². The molecule has 15 heteroatoms. The normalized spacial score (nSPS) is 15.2. The van der Waals surface area contributed by atoms with Gasteiger partial charge in [0.15, 0.2) is 17.7 Å². The average Bonchev–Trinajstić information content (AvgIpc) is 3.00. The number of hydrogen-bond acceptors (Lipinski definition) is 9. The van der Waals surface area contributed by atoms with E-state index < -0.39 is 24.3 Å². The Hall–Kier alpha value is -3.24. The molecule has 11 nitrogen and oxygen atoms in total. The second-order valence-corrected chi connectivity index (χ2v) is 12.6. The second kappa shape index (κ2) is 16.5. The van der Waals surface area contributed by atoms with Crippen LogP contribution in [0.4, 0.5) is 4.79 Å². The van der Waals surface area contributed by atoms with Crippen LogP contribution in [0.15, 0.2) is 69.4 Å². The standard InChI is InChI=1S/C31H30BrCl2IN4O7/c1-4-44-25-11-18(28-27(30(41)43-3)16(2)37-31(42)38-28)6-8-24(25)45-15-26(40)39-36-13-17-9-21(32)29(23(35)10-17)46-14-19-5-7-20(33)12-22(19)34/h5-13,26,28,39-40H,4,14-15H2,1-3H3,(H2,37,38,42)/b36-13-/t26-,28+/m1/s1. The van der Waals surface area contributed by atoms with Gasteiger partial charge in [0.25, 0.3) is 0 Å². The van der Waals surface area contributed by atoms with Gasteiger partial charge >= 0.3 is 12.0 Å². The predicted molar refractivity (Wildman–Crippen MR) is 187 cm³/mol. The van der Waals surface area contributed by atoms with Crippen LogP contribution in [-0.4, -0.2) is 49.9 Å². The topological polar surface area (TPSA) is 140 Å². The van der Waals surface area contributed by atoms with E-state index in [0.29, 0.717) is 45.2 Å². The second-order valence-electron chi connectivity index (χ2n) is 9.75. The first-order chi connectivity index (χ1) is 22.0. The number of carbonyl (C=O) groups is 2. The van der Waals surface area contributed by atoms with E-state index in [-0.39, 0.29) is 18.8 Å². The number of aliphatic hydroxyl groups is 1. The van der Waals surface area contributed by atoms with Gasteiger partial charge in [-0.1, -0.05) is 35.3 Å². The minimum absolute atomic E-state index is 0.158. The summed E-state index contributed by atoms with van der Waals surface area (Å²) in [4.78, 5) is 24.6. The number of halogens is 4. The lowest BCUT2D eigenvalue weighted by Gasteiger charge is -2.28. The number of aliphatic hydroxyl groups excluding tert-OH is 1. The number of nitrogens with zero attached hydrogens (tertiary/aromatic N) is 1. The molecule has 0 bridgehead atoms. The van der Waals surface area contributed by atoms with Crippen LogP contribution in [0.25, 0.3) is 0 Å². The van der Waals surface area contributed by atoms with Crippen molar-refractivity contribution in [2.24, 2.45) is 5.10 Å². The molecule has 3 aromatic carbocycles. The molecule has 2 amide bonds. The third kappa shape index (κ3) is 9.18. The van der Waals surface area contributed by atoms with Gasteiger partial charge in [0.05, 0.1) is 39.6 Å². The van der Waals surface area contributed by atoms with Gasteiger partial charge in [0, 0.05) is 21.3 Å². The maximum Gasteiger partial charge on any atom is 0.337 e. The molecule has 244 valence electrons. The Labute approximate surface area is 297 Å². The first-order valence-corrected chi connectivity index (χ1v) is 16.4. The van der Waals surface area contributed by atoms with E-state index in [0.717, 1.165) is 19.2 Å². The van der Waals surface area contributed by atoms with Gasteiger partial charge in [0.2, 0.25) is 0 Å². The predicted octanol–water partition coefficient (Wildman–Crippen LogP) is 6.46. The van der Waals surface area contributed by atoms with Crippen molar-refractivity contribution in [3.8, 4) is 17.2 Å². The van der Waals surface area contributed by atoms with Crippen molar-refractivity contribution < 1.29 is 33.6 Å². The molecule has 0 unspecified atom stereocenters. The van der Waals surface area contributed by atoms with Crippen molar-refractivity contribution in [2.45, 2.75) is 32.7 Å². The molecule has 3 aromatic rings. The molecule has 4 N–H and O–H groups in total. The molecule has 1 aliphatic rings. The molecule has 46 heavy (non-hydrogen) atoms. The van der Waals surface area contributed by atoms with Crippen LogP contribution in [0.5, 0.6) is 17.2 Å². The number of urea groups is 1. The summed E-state index contributed by atoms with van der Waals surface area (Å²) >= 11 is 17.9. The number of methoxy groups -OCH3 is 1. The van der Waals surface area contributed by atoms with Crippen molar-refractivity contribution in [1.29, 1.82) is 0 Å². The summed E-state index contributed by atoms with van der Waals surface area (Å²) in [5, 5.41) is 21.0. The Morgan fingerprint density at radius 1 is 1.15 bits per heavy atom. The lowest BCUT2D eigenvalue weighted by molar-refractivity contribution is -0.136. The summed E-state index contributed by atoms with van der Waals surface area (Å²) in [6.07, 6.45) is 0.401. The fraction of sp³-hybridized carbons (Fsp3) is 0.258. The summed E-state index contributed by atoms with van der Waals surface area (Å²) in [6, 6.07) is 12.7. The van der Waals surface area contributed by atoms with E-state index in [1.165, 1.54) is 7.11 Å². The summed E-state index contributed by atoms with van der Waals surface area (Å²) in [7, 11) is 1.27. The molecule has 1 aliphatic heterocycles. The number of ether oxygens (including phenoxy) is 4. The summed E-state index contributed by atoms with van der Waals surface area (Å²) in [5.74, 6) is 0.792. The Bertz CT molecular complexity index is 1650. The largest absolute Gasteiger partial charge is 0.490 e. The van der Waals surface area contributed by atoms with E-state index >= 15 is 0 Å². The molecule has 0 aromatic heterocycles. The smallest absolute Gasteiger partial charge is 0.337 e. The number of hydrazone groups is 1. The number of rotatable bonds is 13. The number of amides is 2. The molecular weight excluding hydrogens is 818 g/mol. The lowest BCUT2D eigenvalue weighted by atomic mass is 9.95. The lowest BCUT2D eigenvalue weighted by Crippen LogP contribution is -2.45. The average molecular weight is 848 g/mol.